The van der Waals surface area contributed by atoms with Gasteiger partial charge < -0.3 is 14.1 Å². The third kappa shape index (κ3) is 2.23. The van der Waals surface area contributed by atoms with E-state index in [0.717, 1.165) is 26.2 Å². The van der Waals surface area contributed by atoms with Gasteiger partial charge in [0.25, 0.3) is 10.4 Å². The van der Waals surface area contributed by atoms with E-state index in [2.05, 4.69) is 15.2 Å². The van der Waals surface area contributed by atoms with E-state index in [-0.39, 0.29) is 10.7 Å². The molecule has 3 aromatic heterocycles. The second-order valence-corrected chi connectivity index (χ2v) is 6.54. The first-order valence-electron chi connectivity index (χ1n) is 8.32. The maximum absolute atomic E-state index is 13.2. The van der Waals surface area contributed by atoms with E-state index >= 15 is 0 Å². The molecule has 5 aromatic rings. The molecule has 2 N–H and O–H groups in total. The van der Waals surface area contributed by atoms with Crippen molar-refractivity contribution in [3.05, 3.63) is 63.5 Å². The zero-order valence-corrected chi connectivity index (χ0v) is 15.3. The number of hydrogen-bond donors (Lipinski definition) is 2. The zero-order chi connectivity index (χ0) is 19.4. The van der Waals surface area contributed by atoms with Crippen LogP contribution < -0.4 is 10.3 Å². The molecule has 0 saturated carbocycles. The molecule has 0 unspecified atom stereocenters. The average molecular weight is 392 g/mol. The predicted octanol–water partition coefficient (Wildman–Crippen LogP) is 3.38. The van der Waals surface area contributed by atoms with Crippen molar-refractivity contribution in [1.82, 2.24) is 19.7 Å². The van der Waals surface area contributed by atoms with E-state index in [0.29, 0.717) is 16.8 Å². The number of pyridine rings is 1. The van der Waals surface area contributed by atoms with Crippen molar-refractivity contribution in [3.63, 3.8) is 0 Å². The Labute approximate surface area is 161 Å². The van der Waals surface area contributed by atoms with Crippen molar-refractivity contribution in [1.29, 1.82) is 0 Å². The number of nitrogens with zero attached hydrogens (tertiary/aromatic N) is 2. The highest BCUT2D eigenvalue weighted by atomic mass is 32.1. The Morgan fingerprint density at radius 1 is 1.18 bits per heavy atom. The minimum absolute atomic E-state index is 0.0465. The van der Waals surface area contributed by atoms with Crippen molar-refractivity contribution >= 4 is 50.8 Å². The van der Waals surface area contributed by atoms with Gasteiger partial charge >= 0.3 is 11.8 Å². The predicted molar refractivity (Wildman–Crippen MR) is 106 cm³/mol. The van der Waals surface area contributed by atoms with Gasteiger partial charge in [-0.05, 0) is 41.9 Å². The van der Waals surface area contributed by atoms with E-state index in [1.54, 1.807) is 25.3 Å². The van der Waals surface area contributed by atoms with E-state index in [1.807, 2.05) is 24.3 Å². The van der Waals surface area contributed by atoms with Crippen LogP contribution in [0.15, 0.2) is 51.7 Å². The standard InChI is InChI=1S/C19H12N4O4S/c1-26-9-6-7-13-12(8-9)14-10-4-2-3-5-11(10)17(24)23(15(14)20-13)18(25)16-21-22-19(28)27-16/h2-8,20H,1H3,(H,22,28). The van der Waals surface area contributed by atoms with Crippen LogP contribution in [0.3, 0.4) is 0 Å². The average Bonchev–Trinajstić information content (AvgIpc) is 3.31. The van der Waals surface area contributed by atoms with Crippen LogP contribution in [0.25, 0.3) is 32.7 Å². The van der Waals surface area contributed by atoms with Gasteiger partial charge in [0.05, 0.1) is 7.11 Å². The lowest BCUT2D eigenvalue weighted by atomic mass is 10.1. The Morgan fingerprint density at radius 3 is 2.68 bits per heavy atom. The van der Waals surface area contributed by atoms with Crippen molar-refractivity contribution in [2.45, 2.75) is 0 Å². The molecule has 5 rings (SSSR count). The SMILES string of the molecule is COc1ccc2[nH]c3c(c2c1)c1ccccc1c(=O)n3C(=O)c1n[nH]c(=S)o1. The fraction of sp³-hybridized carbons (Fsp3) is 0.0526. The summed E-state index contributed by atoms with van der Waals surface area (Å²) in [5.41, 5.74) is 0.632. The Bertz CT molecular complexity index is 1520. The van der Waals surface area contributed by atoms with Crippen LogP contribution in [-0.2, 0) is 0 Å². The maximum Gasteiger partial charge on any atom is 0.324 e. The highest BCUT2D eigenvalue weighted by Crippen LogP contribution is 2.33. The summed E-state index contributed by atoms with van der Waals surface area (Å²) in [6.45, 7) is 0. The van der Waals surface area contributed by atoms with Crippen LogP contribution in [0.2, 0.25) is 0 Å². The second-order valence-electron chi connectivity index (χ2n) is 6.17. The maximum atomic E-state index is 13.2. The molecule has 0 radical (unpaired) electrons. The molecule has 0 amide bonds. The summed E-state index contributed by atoms with van der Waals surface area (Å²) in [6, 6.07) is 12.6. The number of fused-ring (bicyclic) bond motifs is 5. The summed E-state index contributed by atoms with van der Waals surface area (Å²) >= 11 is 4.84. The smallest absolute Gasteiger partial charge is 0.324 e. The number of ether oxygens (including phenoxy) is 1. The van der Waals surface area contributed by atoms with Gasteiger partial charge in [-0.15, -0.1) is 5.10 Å². The van der Waals surface area contributed by atoms with Crippen molar-refractivity contribution < 1.29 is 13.9 Å². The number of methoxy groups -OCH3 is 1. The molecule has 0 fully saturated rings. The summed E-state index contributed by atoms with van der Waals surface area (Å²) < 4.78 is 11.5. The molecule has 0 aliphatic carbocycles. The van der Waals surface area contributed by atoms with Gasteiger partial charge in [-0.1, -0.05) is 18.2 Å². The molecular weight excluding hydrogens is 380 g/mol. The van der Waals surface area contributed by atoms with Gasteiger partial charge in [0.1, 0.15) is 11.4 Å². The Kier molecular flexibility index (Phi) is 3.46. The third-order valence-electron chi connectivity index (χ3n) is 4.66. The monoisotopic (exact) mass is 392 g/mol. The molecule has 0 bridgehead atoms. The van der Waals surface area contributed by atoms with Gasteiger partial charge in [-0.2, -0.15) is 0 Å². The van der Waals surface area contributed by atoms with Crippen LogP contribution in [0, 0.1) is 4.84 Å². The summed E-state index contributed by atoms with van der Waals surface area (Å²) in [5.74, 6) is -0.342. The molecule has 0 atom stereocenters. The number of aromatic nitrogens is 4. The highest BCUT2D eigenvalue weighted by Gasteiger charge is 2.23. The fourth-order valence-corrected chi connectivity index (χ4v) is 3.57. The highest BCUT2D eigenvalue weighted by molar-refractivity contribution is 7.71. The van der Waals surface area contributed by atoms with E-state index in [9.17, 15) is 9.59 Å². The first-order chi connectivity index (χ1) is 13.6. The van der Waals surface area contributed by atoms with Gasteiger partial charge in [0, 0.05) is 21.7 Å². The Balaban J connectivity index is 1.99. The van der Waals surface area contributed by atoms with Crippen LogP contribution in [-0.4, -0.2) is 32.8 Å². The topological polar surface area (TPSA) is 106 Å². The summed E-state index contributed by atoms with van der Waals surface area (Å²) in [7, 11) is 1.58. The van der Waals surface area contributed by atoms with Crippen LogP contribution in [0.4, 0.5) is 0 Å². The molecule has 138 valence electrons. The van der Waals surface area contributed by atoms with E-state index in [1.165, 1.54) is 0 Å². The molecule has 0 saturated heterocycles. The molecule has 28 heavy (non-hydrogen) atoms. The molecule has 9 heteroatoms. The number of nitrogens with one attached hydrogen (secondary N) is 2. The Morgan fingerprint density at radius 2 is 1.96 bits per heavy atom. The molecule has 0 aliphatic heterocycles. The van der Waals surface area contributed by atoms with Gasteiger partial charge in [-0.3, -0.25) is 9.59 Å². The number of H-pyrrole nitrogens is 2. The van der Waals surface area contributed by atoms with Crippen molar-refractivity contribution in [2.24, 2.45) is 0 Å². The Hall–Kier alpha value is -3.72. The third-order valence-corrected chi connectivity index (χ3v) is 4.84. The summed E-state index contributed by atoms with van der Waals surface area (Å²) in [6.07, 6.45) is 0. The number of rotatable bonds is 2. The number of carbonyl (C=O) groups is 1. The van der Waals surface area contributed by atoms with E-state index < -0.39 is 11.5 Å². The number of benzene rings is 2. The van der Waals surface area contributed by atoms with Gasteiger partial charge in [0.2, 0.25) is 0 Å². The lowest BCUT2D eigenvalue weighted by Crippen LogP contribution is -2.28. The second kappa shape index (κ2) is 5.89. The molecule has 3 heterocycles. The first-order valence-corrected chi connectivity index (χ1v) is 8.72. The van der Waals surface area contributed by atoms with Gasteiger partial charge in [0.15, 0.2) is 0 Å². The van der Waals surface area contributed by atoms with Crippen LogP contribution in [0.1, 0.15) is 10.7 Å². The quantitative estimate of drug-likeness (QED) is 0.446. The molecular formula is C19H12N4O4S. The molecule has 2 aromatic carbocycles. The fourth-order valence-electron chi connectivity index (χ4n) is 3.44. The van der Waals surface area contributed by atoms with Crippen LogP contribution in [0.5, 0.6) is 5.75 Å². The van der Waals surface area contributed by atoms with Crippen molar-refractivity contribution in [3.8, 4) is 5.75 Å². The lowest BCUT2D eigenvalue weighted by molar-refractivity contribution is 0.0926. The largest absolute Gasteiger partial charge is 0.497 e. The molecule has 0 spiro atoms. The van der Waals surface area contributed by atoms with E-state index in [4.69, 9.17) is 21.4 Å². The van der Waals surface area contributed by atoms with Gasteiger partial charge in [-0.25, -0.2) is 9.67 Å². The molecule has 8 nitrogen and oxygen atoms in total. The van der Waals surface area contributed by atoms with Crippen LogP contribution >= 0.6 is 12.2 Å². The first kappa shape index (κ1) is 16.5. The van der Waals surface area contributed by atoms with Crippen molar-refractivity contribution in [2.75, 3.05) is 7.11 Å². The molecule has 0 aliphatic rings. The number of carbonyl (C=O) groups excluding carboxylic acids is 1. The number of hydrogen-bond acceptors (Lipinski definition) is 6. The number of aromatic amines is 2. The summed E-state index contributed by atoms with van der Waals surface area (Å²) in [4.78, 5) is 29.3. The minimum Gasteiger partial charge on any atom is -0.497 e. The lowest BCUT2D eigenvalue weighted by Gasteiger charge is -2.07. The minimum atomic E-state index is -0.716. The summed E-state index contributed by atoms with van der Waals surface area (Å²) in [5, 5.41) is 8.85. The zero-order valence-electron chi connectivity index (χ0n) is 14.5. The normalized spacial score (nSPS) is 11.5.